The maximum atomic E-state index is 12.1. The van der Waals surface area contributed by atoms with Crippen LogP contribution in [-0.2, 0) is 0 Å². The number of likely N-dealkylation sites (N-methyl/N-ethyl adjacent to an activating group) is 1. The van der Waals surface area contributed by atoms with Crippen molar-refractivity contribution in [2.75, 3.05) is 63.2 Å². The van der Waals surface area contributed by atoms with Gasteiger partial charge in [0.05, 0.1) is 5.56 Å². The van der Waals surface area contributed by atoms with E-state index >= 15 is 0 Å². The van der Waals surface area contributed by atoms with E-state index in [-0.39, 0.29) is 5.91 Å². The lowest BCUT2D eigenvalue weighted by Crippen LogP contribution is -2.47. The summed E-state index contributed by atoms with van der Waals surface area (Å²) in [6.45, 7) is 5.04. The minimum Gasteiger partial charge on any atom is -0.353 e. The lowest BCUT2D eigenvalue weighted by molar-refractivity contribution is 0.0950. The van der Waals surface area contributed by atoms with Crippen molar-refractivity contribution < 1.29 is 4.79 Å². The molecule has 26 heavy (non-hydrogen) atoms. The molecule has 0 saturated carbocycles. The lowest BCUT2D eigenvalue weighted by atomic mass is 10.2. The van der Waals surface area contributed by atoms with Gasteiger partial charge in [-0.25, -0.2) is 9.97 Å². The van der Waals surface area contributed by atoms with Crippen LogP contribution >= 0.6 is 0 Å². The highest BCUT2D eigenvalue weighted by Crippen LogP contribution is 2.17. The van der Waals surface area contributed by atoms with E-state index in [1.165, 1.54) is 0 Å². The van der Waals surface area contributed by atoms with E-state index in [9.17, 15) is 4.79 Å². The molecule has 3 heterocycles. The van der Waals surface area contributed by atoms with Gasteiger partial charge in [-0.15, -0.1) is 0 Å². The molecular weight excluding hydrogens is 328 g/mol. The van der Waals surface area contributed by atoms with E-state index in [2.05, 4.69) is 25.1 Å². The summed E-state index contributed by atoms with van der Waals surface area (Å²) in [5, 5.41) is 2.91. The van der Waals surface area contributed by atoms with Crippen molar-refractivity contribution in [1.29, 1.82) is 0 Å². The number of hydrogen-bond donors (Lipinski definition) is 1. The number of piperazine rings is 1. The Hall–Kier alpha value is -2.67. The zero-order valence-electron chi connectivity index (χ0n) is 15.4. The first-order valence-corrected chi connectivity index (χ1v) is 8.93. The molecule has 138 valence electrons. The number of rotatable bonds is 6. The van der Waals surface area contributed by atoms with Gasteiger partial charge in [0.2, 0.25) is 0 Å². The van der Waals surface area contributed by atoms with Gasteiger partial charge in [-0.1, -0.05) is 6.07 Å². The number of carbonyl (C=O) groups is 1. The average Bonchev–Trinajstić information content (AvgIpc) is 2.68. The highest BCUT2D eigenvalue weighted by molar-refractivity contribution is 5.94. The molecule has 0 atom stereocenters. The summed E-state index contributed by atoms with van der Waals surface area (Å²) in [6, 6.07) is 9.76. The molecule has 0 unspecified atom stereocenters. The Morgan fingerprint density at radius 3 is 2.27 bits per heavy atom. The molecule has 0 aromatic carbocycles. The number of aromatic nitrogens is 2. The fourth-order valence-corrected chi connectivity index (χ4v) is 2.91. The largest absolute Gasteiger partial charge is 0.353 e. The highest BCUT2D eigenvalue weighted by Gasteiger charge is 2.19. The second-order valence-corrected chi connectivity index (χ2v) is 6.63. The molecule has 7 nitrogen and oxygen atoms in total. The minimum absolute atomic E-state index is 0.0779. The van der Waals surface area contributed by atoms with Crippen LogP contribution in [0.25, 0.3) is 0 Å². The van der Waals surface area contributed by atoms with E-state index in [1.807, 2.05) is 55.5 Å². The molecule has 3 rings (SSSR count). The fraction of sp³-hybridized carbons (Fsp3) is 0.421. The van der Waals surface area contributed by atoms with Gasteiger partial charge in [0, 0.05) is 51.7 Å². The van der Waals surface area contributed by atoms with Gasteiger partial charge >= 0.3 is 0 Å². The Bertz CT molecular complexity index is 696. The van der Waals surface area contributed by atoms with Crippen molar-refractivity contribution in [2.24, 2.45) is 0 Å². The van der Waals surface area contributed by atoms with Crippen LogP contribution in [0.3, 0.4) is 0 Å². The van der Waals surface area contributed by atoms with Crippen LogP contribution < -0.4 is 15.1 Å². The molecule has 0 spiro atoms. The van der Waals surface area contributed by atoms with Gasteiger partial charge in [-0.2, -0.15) is 0 Å². The Balaban J connectivity index is 1.52. The van der Waals surface area contributed by atoms with E-state index in [0.717, 1.165) is 44.4 Å². The van der Waals surface area contributed by atoms with Crippen LogP contribution in [0, 0.1) is 0 Å². The molecule has 2 aromatic heterocycles. The van der Waals surface area contributed by atoms with Gasteiger partial charge < -0.3 is 20.0 Å². The number of amides is 1. The molecule has 0 aliphatic carbocycles. The summed E-state index contributed by atoms with van der Waals surface area (Å²) >= 11 is 0. The molecule has 1 amide bonds. The predicted molar refractivity (Wildman–Crippen MR) is 104 cm³/mol. The smallest absolute Gasteiger partial charge is 0.252 e. The SMILES string of the molecule is CN(C)CCNC(=O)c1ccc(N2CCN(c3ccccn3)CC2)nc1. The first kappa shape index (κ1) is 18.1. The molecule has 0 bridgehead atoms. The topological polar surface area (TPSA) is 64.6 Å². The number of nitrogens with one attached hydrogen (secondary N) is 1. The number of hydrogen-bond acceptors (Lipinski definition) is 6. The van der Waals surface area contributed by atoms with Crippen LogP contribution in [0.1, 0.15) is 10.4 Å². The summed E-state index contributed by atoms with van der Waals surface area (Å²) in [4.78, 5) is 27.6. The summed E-state index contributed by atoms with van der Waals surface area (Å²) in [6.07, 6.45) is 3.48. The first-order valence-electron chi connectivity index (χ1n) is 8.93. The number of nitrogens with zero attached hydrogens (tertiary/aromatic N) is 5. The van der Waals surface area contributed by atoms with Gasteiger partial charge in [-0.05, 0) is 38.4 Å². The normalized spacial score (nSPS) is 14.6. The molecule has 1 fully saturated rings. The quantitative estimate of drug-likeness (QED) is 0.838. The van der Waals surface area contributed by atoms with Gasteiger partial charge in [0.25, 0.3) is 5.91 Å². The molecule has 2 aromatic rings. The molecule has 7 heteroatoms. The zero-order valence-corrected chi connectivity index (χ0v) is 15.4. The molecule has 1 aliphatic heterocycles. The van der Waals surface area contributed by atoms with Crippen LogP contribution in [-0.4, -0.2) is 74.1 Å². The number of pyridine rings is 2. The van der Waals surface area contributed by atoms with Crippen LogP contribution in [0.15, 0.2) is 42.7 Å². The van der Waals surface area contributed by atoms with Crippen molar-refractivity contribution in [1.82, 2.24) is 20.2 Å². The zero-order chi connectivity index (χ0) is 18.4. The molecule has 1 aliphatic rings. The Labute approximate surface area is 154 Å². The summed E-state index contributed by atoms with van der Waals surface area (Å²) in [7, 11) is 3.96. The van der Waals surface area contributed by atoms with E-state index in [0.29, 0.717) is 12.1 Å². The Kier molecular flexibility index (Phi) is 6.01. The maximum Gasteiger partial charge on any atom is 0.252 e. The van der Waals surface area contributed by atoms with E-state index < -0.39 is 0 Å². The third-order valence-electron chi connectivity index (χ3n) is 4.43. The Morgan fingerprint density at radius 2 is 1.73 bits per heavy atom. The lowest BCUT2D eigenvalue weighted by Gasteiger charge is -2.36. The molecule has 1 N–H and O–H groups in total. The van der Waals surface area contributed by atoms with E-state index in [1.54, 1.807) is 6.20 Å². The van der Waals surface area contributed by atoms with Crippen molar-refractivity contribution in [3.8, 4) is 0 Å². The predicted octanol–water partition coefficient (Wildman–Crippen LogP) is 1.09. The summed E-state index contributed by atoms with van der Waals surface area (Å²) in [5.74, 6) is 1.85. The highest BCUT2D eigenvalue weighted by atomic mass is 16.1. The van der Waals surface area contributed by atoms with Gasteiger partial charge in [-0.3, -0.25) is 4.79 Å². The minimum atomic E-state index is -0.0779. The molecular formula is C19H26N6O. The first-order chi connectivity index (χ1) is 12.6. The summed E-state index contributed by atoms with van der Waals surface area (Å²) in [5.41, 5.74) is 0.597. The maximum absolute atomic E-state index is 12.1. The van der Waals surface area contributed by atoms with Crippen molar-refractivity contribution in [3.05, 3.63) is 48.3 Å². The monoisotopic (exact) mass is 354 g/mol. The second-order valence-electron chi connectivity index (χ2n) is 6.63. The van der Waals surface area contributed by atoms with Gasteiger partial charge in [0.1, 0.15) is 11.6 Å². The van der Waals surface area contributed by atoms with Crippen molar-refractivity contribution in [3.63, 3.8) is 0 Å². The van der Waals surface area contributed by atoms with Crippen LogP contribution in [0.5, 0.6) is 0 Å². The van der Waals surface area contributed by atoms with Gasteiger partial charge in [0.15, 0.2) is 0 Å². The second kappa shape index (κ2) is 8.62. The van der Waals surface area contributed by atoms with E-state index in [4.69, 9.17) is 0 Å². The van der Waals surface area contributed by atoms with Crippen molar-refractivity contribution in [2.45, 2.75) is 0 Å². The Morgan fingerprint density at radius 1 is 1.04 bits per heavy atom. The fourth-order valence-electron chi connectivity index (χ4n) is 2.91. The number of anilines is 2. The number of carbonyl (C=O) groups excluding carboxylic acids is 1. The third-order valence-corrected chi connectivity index (χ3v) is 4.43. The average molecular weight is 354 g/mol. The van der Waals surface area contributed by atoms with Crippen LogP contribution in [0.2, 0.25) is 0 Å². The standard InChI is InChI=1S/C19H26N6O/c1-23(2)10-9-21-19(26)16-6-7-18(22-15-16)25-13-11-24(12-14-25)17-5-3-4-8-20-17/h3-8,15H,9-14H2,1-2H3,(H,21,26). The molecule has 1 saturated heterocycles. The molecule has 0 radical (unpaired) electrons. The van der Waals surface area contributed by atoms with Crippen LogP contribution in [0.4, 0.5) is 11.6 Å². The summed E-state index contributed by atoms with van der Waals surface area (Å²) < 4.78 is 0. The third kappa shape index (κ3) is 4.70. The van der Waals surface area contributed by atoms with Crippen molar-refractivity contribution >= 4 is 17.5 Å².